The molecule has 0 unspecified atom stereocenters. The van der Waals surface area contributed by atoms with Gasteiger partial charge in [-0.25, -0.2) is 0 Å². The molecule has 0 amide bonds. The van der Waals surface area contributed by atoms with E-state index in [-0.39, 0.29) is 0 Å². The fourth-order valence-corrected chi connectivity index (χ4v) is 7.28. The molecule has 2 nitrogen and oxygen atoms in total. The van der Waals surface area contributed by atoms with Gasteiger partial charge in [0.1, 0.15) is 0 Å². The van der Waals surface area contributed by atoms with Gasteiger partial charge in [-0.2, -0.15) is 0 Å². The smallest absolute Gasteiger partial charge is 0.0728 e. The maximum Gasteiger partial charge on any atom is 0.0728 e. The zero-order valence-electron chi connectivity index (χ0n) is 29.4. The largest absolute Gasteiger partial charge is 0.377 e. The molecule has 6 aromatic rings. The van der Waals surface area contributed by atoms with Crippen LogP contribution in [0.4, 0.5) is 0 Å². The van der Waals surface area contributed by atoms with E-state index in [0.717, 1.165) is 26.1 Å². The van der Waals surface area contributed by atoms with Crippen molar-refractivity contribution in [1.29, 1.82) is 0 Å². The predicted molar refractivity (Wildman–Crippen MR) is 211 cm³/mol. The molecule has 0 aliphatic heterocycles. The number of rotatable bonds is 21. The first kappa shape index (κ1) is 34.9. The molecule has 0 atom stereocenters. The Labute approximate surface area is 294 Å². The van der Waals surface area contributed by atoms with Crippen molar-refractivity contribution in [1.82, 2.24) is 0 Å². The van der Waals surface area contributed by atoms with Gasteiger partial charge in [0.25, 0.3) is 0 Å². The summed E-state index contributed by atoms with van der Waals surface area (Å²) >= 11 is 0. The molecule has 0 N–H and O–H groups in total. The van der Waals surface area contributed by atoms with E-state index in [1.807, 2.05) is 0 Å². The third-order valence-corrected chi connectivity index (χ3v) is 9.99. The molecule has 0 fully saturated rings. The van der Waals surface area contributed by atoms with E-state index in [1.165, 1.54) is 125 Å². The lowest BCUT2D eigenvalue weighted by molar-refractivity contribution is 0.118. The minimum absolute atomic E-state index is 0.687. The van der Waals surface area contributed by atoms with E-state index in [2.05, 4.69) is 121 Å². The van der Waals surface area contributed by atoms with Crippen LogP contribution in [0.15, 0.2) is 121 Å². The molecule has 0 saturated heterocycles. The number of fused-ring (bicyclic) bond motifs is 4. The SMILES string of the molecule is C(=C\CCCCCCCOCc1c2ccccc2cc2ccccc12)/CCCCCCCCOCc1c2ccccc2cc2ccccc12. The van der Waals surface area contributed by atoms with Crippen LogP contribution < -0.4 is 0 Å². The predicted octanol–water partition coefficient (Wildman–Crippen LogP) is 13.7. The first-order chi connectivity index (χ1) is 24.4. The second-order valence-corrected chi connectivity index (χ2v) is 13.6. The standard InChI is InChI=1S/C47H54O2/c1(2-4-6-8-10-12-22-32-48-36-46-42-28-18-14-24-38(42)34-39-25-15-19-29-43(39)46)3-5-7-9-11-13-23-33-49-37-47-44-30-20-16-26-40(44)35-41-27-17-21-31-45(41)47/h1-2,14-21,24-31,34-35H,3-13,22-23,32-33,36-37H2/b2-1+. The van der Waals surface area contributed by atoms with Crippen molar-refractivity contribution in [3.05, 3.63) is 132 Å². The molecule has 0 bridgehead atoms. The second-order valence-electron chi connectivity index (χ2n) is 13.6. The second kappa shape index (κ2) is 19.3. The van der Waals surface area contributed by atoms with Gasteiger partial charge in [0.05, 0.1) is 13.2 Å². The Morgan fingerprint density at radius 3 is 1.02 bits per heavy atom. The van der Waals surface area contributed by atoms with Gasteiger partial charge >= 0.3 is 0 Å². The monoisotopic (exact) mass is 650 g/mol. The van der Waals surface area contributed by atoms with Crippen LogP contribution in [0.5, 0.6) is 0 Å². The fraction of sp³-hybridized carbons (Fsp3) is 0.362. The van der Waals surface area contributed by atoms with Crippen LogP contribution in [0.25, 0.3) is 43.1 Å². The van der Waals surface area contributed by atoms with E-state index in [4.69, 9.17) is 9.47 Å². The van der Waals surface area contributed by atoms with Crippen molar-refractivity contribution in [3.8, 4) is 0 Å². The number of benzene rings is 6. The van der Waals surface area contributed by atoms with Crippen LogP contribution in [0.3, 0.4) is 0 Å². The molecule has 0 saturated carbocycles. The minimum Gasteiger partial charge on any atom is -0.377 e. The average molecular weight is 651 g/mol. The minimum atomic E-state index is 0.687. The Bertz CT molecular complexity index is 1810. The molecule has 2 heteroatoms. The van der Waals surface area contributed by atoms with Gasteiger partial charge in [-0.1, -0.05) is 154 Å². The highest BCUT2D eigenvalue weighted by molar-refractivity contribution is 6.03. The molecule has 49 heavy (non-hydrogen) atoms. The van der Waals surface area contributed by atoms with Crippen molar-refractivity contribution in [2.24, 2.45) is 0 Å². The van der Waals surface area contributed by atoms with E-state index >= 15 is 0 Å². The number of ether oxygens (including phenoxy) is 2. The summed E-state index contributed by atoms with van der Waals surface area (Å²) in [6.07, 6.45) is 21.3. The van der Waals surface area contributed by atoms with Crippen LogP contribution in [-0.4, -0.2) is 13.2 Å². The quantitative estimate of drug-likeness (QED) is 0.0438. The molecular formula is C47H54O2. The van der Waals surface area contributed by atoms with Crippen molar-refractivity contribution in [2.45, 2.75) is 96.7 Å². The molecule has 6 aromatic carbocycles. The lowest BCUT2D eigenvalue weighted by atomic mass is 9.97. The van der Waals surface area contributed by atoms with Crippen molar-refractivity contribution in [2.75, 3.05) is 13.2 Å². The van der Waals surface area contributed by atoms with Gasteiger partial charge in [-0.05, 0) is 105 Å². The van der Waals surface area contributed by atoms with E-state index < -0.39 is 0 Å². The molecule has 0 aliphatic carbocycles. The lowest BCUT2D eigenvalue weighted by Gasteiger charge is -2.12. The topological polar surface area (TPSA) is 18.5 Å². The summed E-state index contributed by atoms with van der Waals surface area (Å²) in [6, 6.07) is 39.3. The summed E-state index contributed by atoms with van der Waals surface area (Å²) in [7, 11) is 0. The Morgan fingerprint density at radius 2 is 0.653 bits per heavy atom. The summed E-state index contributed by atoms with van der Waals surface area (Å²) in [5, 5.41) is 10.4. The third kappa shape index (κ3) is 10.0. The molecule has 0 heterocycles. The Kier molecular flexibility index (Phi) is 13.7. The summed E-state index contributed by atoms with van der Waals surface area (Å²) < 4.78 is 12.4. The normalized spacial score (nSPS) is 11.9. The highest BCUT2D eigenvalue weighted by Gasteiger charge is 2.09. The maximum absolute atomic E-state index is 6.19. The number of hydrogen-bond donors (Lipinski definition) is 0. The van der Waals surface area contributed by atoms with Gasteiger partial charge in [-0.15, -0.1) is 0 Å². The molecule has 0 aliphatic rings. The van der Waals surface area contributed by atoms with Crippen LogP contribution >= 0.6 is 0 Å². The highest BCUT2D eigenvalue weighted by atomic mass is 16.5. The maximum atomic E-state index is 6.19. The van der Waals surface area contributed by atoms with Gasteiger partial charge in [-0.3, -0.25) is 0 Å². The van der Waals surface area contributed by atoms with Crippen molar-refractivity contribution < 1.29 is 9.47 Å². The number of unbranched alkanes of at least 4 members (excludes halogenated alkanes) is 11. The van der Waals surface area contributed by atoms with Crippen LogP contribution in [0, 0.1) is 0 Å². The Morgan fingerprint density at radius 1 is 0.347 bits per heavy atom. The Hall–Kier alpha value is -3.98. The van der Waals surface area contributed by atoms with E-state index in [1.54, 1.807) is 0 Å². The molecule has 0 aromatic heterocycles. The number of allylic oxidation sites excluding steroid dienone is 2. The Balaban J connectivity index is 0.742. The summed E-state index contributed by atoms with van der Waals surface area (Å²) in [4.78, 5) is 0. The molecule has 254 valence electrons. The van der Waals surface area contributed by atoms with Crippen molar-refractivity contribution in [3.63, 3.8) is 0 Å². The molecule has 0 radical (unpaired) electrons. The van der Waals surface area contributed by atoms with Crippen LogP contribution in [-0.2, 0) is 22.7 Å². The lowest BCUT2D eigenvalue weighted by Crippen LogP contribution is -1.98. The van der Waals surface area contributed by atoms with Crippen molar-refractivity contribution >= 4 is 43.1 Å². The van der Waals surface area contributed by atoms with Gasteiger partial charge in [0.15, 0.2) is 0 Å². The van der Waals surface area contributed by atoms with Gasteiger partial charge < -0.3 is 9.47 Å². The highest BCUT2D eigenvalue weighted by Crippen LogP contribution is 2.30. The summed E-state index contributed by atoms with van der Waals surface area (Å²) in [5.41, 5.74) is 2.65. The average Bonchev–Trinajstić information content (AvgIpc) is 3.14. The van der Waals surface area contributed by atoms with Gasteiger partial charge in [0, 0.05) is 13.2 Å². The van der Waals surface area contributed by atoms with E-state index in [9.17, 15) is 0 Å². The van der Waals surface area contributed by atoms with Crippen LogP contribution in [0.2, 0.25) is 0 Å². The molecule has 0 spiro atoms. The summed E-state index contributed by atoms with van der Waals surface area (Å²) in [6.45, 7) is 3.06. The zero-order valence-corrected chi connectivity index (χ0v) is 29.4. The first-order valence-corrected chi connectivity index (χ1v) is 19.0. The number of hydrogen-bond acceptors (Lipinski definition) is 2. The summed E-state index contributed by atoms with van der Waals surface area (Å²) in [5.74, 6) is 0. The molecule has 6 rings (SSSR count). The first-order valence-electron chi connectivity index (χ1n) is 19.0. The molecular weight excluding hydrogens is 597 g/mol. The fourth-order valence-electron chi connectivity index (χ4n) is 7.28. The van der Waals surface area contributed by atoms with Crippen LogP contribution in [0.1, 0.15) is 94.6 Å². The third-order valence-electron chi connectivity index (χ3n) is 9.99. The van der Waals surface area contributed by atoms with Gasteiger partial charge in [0.2, 0.25) is 0 Å². The zero-order chi connectivity index (χ0) is 33.4. The van der Waals surface area contributed by atoms with E-state index in [0.29, 0.717) is 13.2 Å².